The molecule has 130 valence electrons. The van der Waals surface area contributed by atoms with Gasteiger partial charge in [-0.1, -0.05) is 0 Å². The molecule has 0 bridgehead atoms. The molecule has 1 spiro atoms. The van der Waals surface area contributed by atoms with Crippen LogP contribution in [0.15, 0.2) is 12.4 Å². The van der Waals surface area contributed by atoms with Crippen molar-refractivity contribution < 1.29 is 22.6 Å². The van der Waals surface area contributed by atoms with E-state index in [2.05, 4.69) is 20.4 Å². The Kier molecular flexibility index (Phi) is 3.61. The number of halogens is 3. The fourth-order valence-corrected chi connectivity index (χ4v) is 3.28. The molecule has 0 aliphatic carbocycles. The Morgan fingerprint density at radius 1 is 1.33 bits per heavy atom. The van der Waals surface area contributed by atoms with Crippen molar-refractivity contribution in [1.29, 1.82) is 0 Å². The maximum atomic E-state index is 13.0. The van der Waals surface area contributed by atoms with Crippen molar-refractivity contribution in [2.45, 2.75) is 37.1 Å². The summed E-state index contributed by atoms with van der Waals surface area (Å²) in [5.41, 5.74) is -1.33. The Balaban J connectivity index is 1.62. The van der Waals surface area contributed by atoms with E-state index in [4.69, 9.17) is 9.47 Å². The Hall–Kier alpha value is -1.94. The fraction of sp³-hybridized carbons (Fsp3) is 0.643. The second kappa shape index (κ2) is 5.55. The standard InChI is InChI=1S/C14H16F3N5O2/c15-14(16,17)10-5-11(22-12(21-10)18-8-19-22)20-9-1-3-24-13(6-9)2-4-23-7-13/h5,8-9,20H,1-4,6-7H2/t9-,13+/m1/s1. The van der Waals surface area contributed by atoms with E-state index >= 15 is 0 Å². The summed E-state index contributed by atoms with van der Waals surface area (Å²) in [5, 5.41) is 7.11. The molecular formula is C14H16F3N5O2. The predicted octanol–water partition coefficient (Wildman–Crippen LogP) is 1.89. The van der Waals surface area contributed by atoms with Gasteiger partial charge in [-0.15, -0.1) is 0 Å². The van der Waals surface area contributed by atoms with Gasteiger partial charge in [-0.25, -0.2) is 4.98 Å². The summed E-state index contributed by atoms with van der Waals surface area (Å²) in [6, 6.07) is 0.936. The van der Waals surface area contributed by atoms with Crippen LogP contribution in [0.3, 0.4) is 0 Å². The smallest absolute Gasteiger partial charge is 0.378 e. The molecule has 0 amide bonds. The van der Waals surface area contributed by atoms with Gasteiger partial charge in [-0.2, -0.15) is 27.8 Å². The minimum atomic E-state index is -4.54. The molecule has 2 atom stereocenters. The van der Waals surface area contributed by atoms with Crippen LogP contribution in [0, 0.1) is 0 Å². The second-order valence-corrected chi connectivity index (χ2v) is 6.16. The number of anilines is 1. The van der Waals surface area contributed by atoms with Crippen LogP contribution in [-0.4, -0.2) is 51.0 Å². The van der Waals surface area contributed by atoms with Crippen molar-refractivity contribution in [3.63, 3.8) is 0 Å². The van der Waals surface area contributed by atoms with Crippen LogP contribution in [0.1, 0.15) is 25.0 Å². The highest BCUT2D eigenvalue weighted by Crippen LogP contribution is 2.35. The number of nitrogens with one attached hydrogen (secondary N) is 1. The zero-order valence-electron chi connectivity index (χ0n) is 12.7. The van der Waals surface area contributed by atoms with Crippen LogP contribution < -0.4 is 5.32 Å². The van der Waals surface area contributed by atoms with Crippen molar-refractivity contribution in [2.24, 2.45) is 0 Å². The first-order chi connectivity index (χ1) is 11.5. The van der Waals surface area contributed by atoms with E-state index in [1.807, 2.05) is 0 Å². The van der Waals surface area contributed by atoms with E-state index in [1.54, 1.807) is 0 Å². The minimum Gasteiger partial charge on any atom is -0.378 e. The van der Waals surface area contributed by atoms with E-state index in [-0.39, 0.29) is 23.2 Å². The number of ether oxygens (including phenoxy) is 2. The highest BCUT2D eigenvalue weighted by Gasteiger charge is 2.41. The maximum absolute atomic E-state index is 13.0. The summed E-state index contributed by atoms with van der Waals surface area (Å²) in [7, 11) is 0. The first-order valence-electron chi connectivity index (χ1n) is 7.71. The van der Waals surface area contributed by atoms with Crippen molar-refractivity contribution in [3.05, 3.63) is 18.1 Å². The number of alkyl halides is 3. The highest BCUT2D eigenvalue weighted by molar-refractivity contribution is 5.46. The van der Waals surface area contributed by atoms with Crippen LogP contribution in [0.4, 0.5) is 19.0 Å². The zero-order chi connectivity index (χ0) is 16.8. The molecule has 4 rings (SSSR count). The lowest BCUT2D eigenvalue weighted by Crippen LogP contribution is -2.45. The predicted molar refractivity (Wildman–Crippen MR) is 76.5 cm³/mol. The summed E-state index contributed by atoms with van der Waals surface area (Å²) in [5.74, 6) is 0.143. The van der Waals surface area contributed by atoms with Crippen LogP contribution in [0.25, 0.3) is 5.78 Å². The molecule has 2 saturated heterocycles. The Morgan fingerprint density at radius 2 is 2.21 bits per heavy atom. The average Bonchev–Trinajstić information content (AvgIpc) is 3.16. The molecule has 1 N–H and O–H groups in total. The first-order valence-corrected chi connectivity index (χ1v) is 7.71. The van der Waals surface area contributed by atoms with Crippen molar-refractivity contribution >= 4 is 11.6 Å². The molecule has 0 radical (unpaired) electrons. The molecule has 2 fully saturated rings. The van der Waals surface area contributed by atoms with E-state index < -0.39 is 11.9 Å². The van der Waals surface area contributed by atoms with Gasteiger partial charge in [0.1, 0.15) is 12.1 Å². The van der Waals surface area contributed by atoms with Gasteiger partial charge in [0.2, 0.25) is 0 Å². The maximum Gasteiger partial charge on any atom is 0.433 e. The van der Waals surface area contributed by atoms with Gasteiger partial charge in [0.05, 0.1) is 12.2 Å². The third-order valence-corrected chi connectivity index (χ3v) is 4.45. The Labute approximate surface area is 135 Å². The van der Waals surface area contributed by atoms with Crippen molar-refractivity contribution in [3.8, 4) is 0 Å². The molecule has 2 aromatic rings. The third kappa shape index (κ3) is 2.80. The summed E-state index contributed by atoms with van der Waals surface area (Å²) in [6.07, 6.45) is -1.19. The number of rotatable bonds is 2. The monoisotopic (exact) mass is 343 g/mol. The minimum absolute atomic E-state index is 0.0312. The quantitative estimate of drug-likeness (QED) is 0.898. The number of nitrogens with zero attached hydrogens (tertiary/aromatic N) is 4. The Bertz CT molecular complexity index is 742. The number of aromatic nitrogens is 4. The van der Waals surface area contributed by atoms with Crippen LogP contribution in [-0.2, 0) is 15.7 Å². The second-order valence-electron chi connectivity index (χ2n) is 6.16. The van der Waals surface area contributed by atoms with Gasteiger partial charge < -0.3 is 14.8 Å². The van der Waals surface area contributed by atoms with Gasteiger partial charge in [0, 0.05) is 31.7 Å². The molecule has 2 aliphatic rings. The molecule has 10 heteroatoms. The topological polar surface area (TPSA) is 73.6 Å². The third-order valence-electron chi connectivity index (χ3n) is 4.45. The van der Waals surface area contributed by atoms with E-state index in [9.17, 15) is 13.2 Å². The average molecular weight is 343 g/mol. The van der Waals surface area contributed by atoms with Gasteiger partial charge in [-0.3, -0.25) is 0 Å². The van der Waals surface area contributed by atoms with Gasteiger partial charge >= 0.3 is 6.18 Å². The SMILES string of the molecule is FC(F)(F)c1cc(N[C@@H]2CCO[C@@]3(CCOC3)C2)n2ncnc2n1. The van der Waals surface area contributed by atoms with Gasteiger partial charge in [-0.05, 0) is 12.8 Å². The Morgan fingerprint density at radius 3 is 2.96 bits per heavy atom. The largest absolute Gasteiger partial charge is 0.433 e. The van der Waals surface area contributed by atoms with E-state index in [1.165, 1.54) is 10.8 Å². The van der Waals surface area contributed by atoms with Crippen LogP contribution in [0.2, 0.25) is 0 Å². The number of fused-ring (bicyclic) bond motifs is 1. The zero-order valence-corrected chi connectivity index (χ0v) is 12.7. The lowest BCUT2D eigenvalue weighted by Gasteiger charge is -2.37. The summed E-state index contributed by atoms with van der Waals surface area (Å²) >= 11 is 0. The molecule has 2 aromatic heterocycles. The molecule has 24 heavy (non-hydrogen) atoms. The molecule has 7 nitrogen and oxygen atoms in total. The van der Waals surface area contributed by atoms with Gasteiger partial charge in [0.15, 0.2) is 5.69 Å². The molecule has 2 aliphatic heterocycles. The first kappa shape index (κ1) is 15.6. The molecular weight excluding hydrogens is 327 g/mol. The lowest BCUT2D eigenvalue weighted by atomic mass is 9.90. The van der Waals surface area contributed by atoms with E-state index in [0.29, 0.717) is 32.7 Å². The normalized spacial score (nSPS) is 27.9. The highest BCUT2D eigenvalue weighted by atomic mass is 19.4. The molecule has 0 aromatic carbocycles. The lowest BCUT2D eigenvalue weighted by molar-refractivity contribution is -0.141. The van der Waals surface area contributed by atoms with Gasteiger partial charge in [0.25, 0.3) is 5.78 Å². The molecule has 0 saturated carbocycles. The van der Waals surface area contributed by atoms with Crippen molar-refractivity contribution in [2.75, 3.05) is 25.1 Å². The number of hydrogen-bond donors (Lipinski definition) is 1. The summed E-state index contributed by atoms with van der Waals surface area (Å²) < 4.78 is 51.7. The number of hydrogen-bond acceptors (Lipinski definition) is 6. The summed E-state index contributed by atoms with van der Waals surface area (Å²) in [6.45, 7) is 1.71. The van der Waals surface area contributed by atoms with Crippen LogP contribution >= 0.6 is 0 Å². The van der Waals surface area contributed by atoms with Crippen LogP contribution in [0.5, 0.6) is 0 Å². The summed E-state index contributed by atoms with van der Waals surface area (Å²) in [4.78, 5) is 7.28. The fourth-order valence-electron chi connectivity index (χ4n) is 3.28. The van der Waals surface area contributed by atoms with E-state index in [0.717, 1.165) is 12.5 Å². The molecule has 0 unspecified atom stereocenters. The van der Waals surface area contributed by atoms with Crippen molar-refractivity contribution in [1.82, 2.24) is 19.6 Å². The molecule has 4 heterocycles.